The molecular weight excluding hydrogens is 186 g/mol. The maximum Gasteiger partial charge on any atom is 0.372 e. The Morgan fingerprint density at radius 2 is 1.42 bits per heavy atom. The second-order valence-electron chi connectivity index (χ2n) is 3.01. The predicted octanol–water partition coefficient (Wildman–Crippen LogP) is 2.93. The molecule has 0 amide bonds. The first-order valence-corrected chi connectivity index (χ1v) is 3.26. The molecule has 0 saturated heterocycles. The third kappa shape index (κ3) is 0.863. The molecule has 1 saturated carbocycles. The third-order valence-corrected chi connectivity index (χ3v) is 2.06. The second-order valence-corrected chi connectivity index (χ2v) is 3.01. The van der Waals surface area contributed by atoms with Gasteiger partial charge < -0.3 is 0 Å². The maximum atomic E-state index is 12.4. The molecule has 0 aromatic rings. The van der Waals surface area contributed by atoms with E-state index in [1.54, 1.807) is 0 Å². The van der Waals surface area contributed by atoms with Gasteiger partial charge in [0.1, 0.15) is 0 Å². The van der Waals surface area contributed by atoms with E-state index in [1.165, 1.54) is 0 Å². The summed E-state index contributed by atoms with van der Waals surface area (Å²) in [4.78, 5) is 0. The molecule has 1 aliphatic carbocycles. The summed E-state index contributed by atoms with van der Waals surface area (Å²) in [5.74, 6) is -16.4. The van der Waals surface area contributed by atoms with Gasteiger partial charge in [0.2, 0.25) is 0 Å². The number of hydrogen-bond acceptors (Lipinski definition) is 0. The van der Waals surface area contributed by atoms with Crippen molar-refractivity contribution >= 4 is 0 Å². The van der Waals surface area contributed by atoms with Gasteiger partial charge >= 0.3 is 17.8 Å². The Morgan fingerprint density at radius 3 is 1.50 bits per heavy atom. The molecule has 1 fully saturated rings. The zero-order chi connectivity index (χ0) is 9.78. The van der Waals surface area contributed by atoms with Gasteiger partial charge in [0.05, 0.1) is 0 Å². The number of rotatable bonds is 0. The van der Waals surface area contributed by atoms with E-state index in [0.717, 1.165) is 0 Å². The normalized spacial score (nSPS) is 36.8. The fourth-order valence-electron chi connectivity index (χ4n) is 1.19. The van der Waals surface area contributed by atoms with E-state index in [9.17, 15) is 26.3 Å². The van der Waals surface area contributed by atoms with Crippen LogP contribution in [0.2, 0.25) is 0 Å². The molecule has 0 aromatic carbocycles. The smallest absolute Gasteiger partial charge is 0.200 e. The largest absolute Gasteiger partial charge is 0.372 e. The molecule has 1 atom stereocenters. The van der Waals surface area contributed by atoms with Crippen molar-refractivity contribution in [3.8, 4) is 0 Å². The highest BCUT2D eigenvalue weighted by Gasteiger charge is 2.79. The monoisotopic (exact) mass is 192 g/mol. The third-order valence-electron chi connectivity index (χ3n) is 2.06. The van der Waals surface area contributed by atoms with Crippen LogP contribution >= 0.6 is 0 Å². The Bertz CT molecular complexity index is 196. The second kappa shape index (κ2) is 2.09. The van der Waals surface area contributed by atoms with Crippen LogP contribution in [0, 0.1) is 5.92 Å². The van der Waals surface area contributed by atoms with Crippen LogP contribution in [0.1, 0.15) is 13.3 Å². The molecule has 6 heteroatoms. The fourth-order valence-corrected chi connectivity index (χ4v) is 1.19. The Labute approximate surface area is 64.6 Å². The molecule has 0 N–H and O–H groups in total. The van der Waals surface area contributed by atoms with Crippen molar-refractivity contribution in [2.24, 2.45) is 5.92 Å². The molecule has 0 heterocycles. The van der Waals surface area contributed by atoms with Crippen molar-refractivity contribution in [3.63, 3.8) is 0 Å². The minimum atomic E-state index is -5.21. The molecule has 12 heavy (non-hydrogen) atoms. The van der Waals surface area contributed by atoms with E-state index in [1.807, 2.05) is 0 Å². The van der Waals surface area contributed by atoms with Gasteiger partial charge in [-0.1, -0.05) is 6.92 Å². The zero-order valence-corrected chi connectivity index (χ0v) is 6.05. The minimum Gasteiger partial charge on any atom is -0.200 e. The van der Waals surface area contributed by atoms with E-state index in [4.69, 9.17) is 0 Å². The van der Waals surface area contributed by atoms with Gasteiger partial charge in [-0.05, 0) is 0 Å². The van der Waals surface area contributed by atoms with Crippen LogP contribution in [0.25, 0.3) is 0 Å². The van der Waals surface area contributed by atoms with Gasteiger partial charge in [-0.25, -0.2) is 0 Å². The Kier molecular flexibility index (Phi) is 1.68. The summed E-state index contributed by atoms with van der Waals surface area (Å²) >= 11 is 0. The van der Waals surface area contributed by atoms with Crippen LogP contribution in [-0.2, 0) is 0 Å². The van der Waals surface area contributed by atoms with Crippen molar-refractivity contribution in [3.05, 3.63) is 0 Å². The SMILES string of the molecule is CC1CC(F)(F)C(F)(F)C1(F)F. The molecule has 1 unspecified atom stereocenters. The average Bonchev–Trinajstić information content (AvgIpc) is 1.92. The number of alkyl halides is 6. The highest BCUT2D eigenvalue weighted by atomic mass is 19.3. The van der Waals surface area contributed by atoms with Crippen LogP contribution in [0.4, 0.5) is 26.3 Å². The maximum absolute atomic E-state index is 12.4. The van der Waals surface area contributed by atoms with Crippen LogP contribution in [-0.4, -0.2) is 17.8 Å². The molecule has 72 valence electrons. The van der Waals surface area contributed by atoms with Gasteiger partial charge in [-0.3, -0.25) is 0 Å². The summed E-state index contributed by atoms with van der Waals surface area (Å²) in [7, 11) is 0. The van der Waals surface area contributed by atoms with E-state index in [-0.39, 0.29) is 0 Å². The minimum absolute atomic E-state index is 0.689. The molecule has 0 spiro atoms. The lowest BCUT2D eigenvalue weighted by molar-refractivity contribution is -0.276. The fraction of sp³-hybridized carbons (Fsp3) is 1.00. The first-order chi connectivity index (χ1) is 5.13. The molecule has 1 rings (SSSR count). The van der Waals surface area contributed by atoms with E-state index >= 15 is 0 Å². The standard InChI is InChI=1S/C6H6F6/c1-3-2-4(7,8)6(11,12)5(3,9)10/h3H,2H2,1H3. The van der Waals surface area contributed by atoms with Crippen LogP contribution < -0.4 is 0 Å². The summed E-state index contributed by atoms with van der Waals surface area (Å²) in [6.45, 7) is 0.689. The van der Waals surface area contributed by atoms with Crippen molar-refractivity contribution in [2.75, 3.05) is 0 Å². The van der Waals surface area contributed by atoms with Crippen molar-refractivity contribution < 1.29 is 26.3 Å². The quantitative estimate of drug-likeness (QED) is 0.517. The molecular formula is C6H6F6. The van der Waals surface area contributed by atoms with Gasteiger partial charge in [-0.2, -0.15) is 26.3 Å². The van der Waals surface area contributed by atoms with Gasteiger partial charge in [0, 0.05) is 12.3 Å². The molecule has 1 aliphatic rings. The van der Waals surface area contributed by atoms with Gasteiger partial charge in [0.25, 0.3) is 0 Å². The van der Waals surface area contributed by atoms with Gasteiger partial charge in [0.15, 0.2) is 0 Å². The summed E-state index contributed by atoms with van der Waals surface area (Å²) in [5, 5.41) is 0. The number of hydrogen-bond donors (Lipinski definition) is 0. The molecule has 0 nitrogen and oxygen atoms in total. The molecule has 0 aromatic heterocycles. The highest BCUT2D eigenvalue weighted by molar-refractivity contribution is 5.06. The predicted molar refractivity (Wildman–Crippen MR) is 28.6 cm³/mol. The summed E-state index contributed by atoms with van der Waals surface area (Å²) in [6.07, 6.45) is -1.47. The van der Waals surface area contributed by atoms with Crippen molar-refractivity contribution in [2.45, 2.75) is 31.1 Å². The topological polar surface area (TPSA) is 0 Å². The lowest BCUT2D eigenvalue weighted by Gasteiger charge is -2.23. The zero-order valence-electron chi connectivity index (χ0n) is 6.05. The van der Waals surface area contributed by atoms with Crippen molar-refractivity contribution in [1.82, 2.24) is 0 Å². The Morgan fingerprint density at radius 1 is 1.00 bits per heavy atom. The molecule has 0 bridgehead atoms. The number of halogens is 6. The summed E-state index contributed by atoms with van der Waals surface area (Å²) in [5.41, 5.74) is 0. The van der Waals surface area contributed by atoms with Crippen LogP contribution in [0.5, 0.6) is 0 Å². The molecule has 0 radical (unpaired) electrons. The van der Waals surface area contributed by atoms with Gasteiger partial charge in [-0.15, -0.1) is 0 Å². The lowest BCUT2D eigenvalue weighted by atomic mass is 10.1. The van der Waals surface area contributed by atoms with Crippen molar-refractivity contribution in [1.29, 1.82) is 0 Å². The average molecular weight is 192 g/mol. The Hall–Kier alpha value is -0.420. The summed E-state index contributed by atoms with van der Waals surface area (Å²) in [6, 6.07) is 0. The van der Waals surface area contributed by atoms with Crippen LogP contribution in [0.3, 0.4) is 0 Å². The first kappa shape index (κ1) is 9.67. The summed E-state index contributed by atoms with van der Waals surface area (Å²) < 4.78 is 73.7. The Balaban J connectivity index is 3.10. The van der Waals surface area contributed by atoms with E-state index in [2.05, 4.69) is 0 Å². The molecule has 0 aliphatic heterocycles. The van der Waals surface area contributed by atoms with Crippen LogP contribution in [0.15, 0.2) is 0 Å². The first-order valence-electron chi connectivity index (χ1n) is 3.26. The highest BCUT2D eigenvalue weighted by Crippen LogP contribution is 2.58. The van der Waals surface area contributed by atoms with E-state index < -0.39 is 30.1 Å². The lowest BCUT2D eigenvalue weighted by Crippen LogP contribution is -2.47. The van der Waals surface area contributed by atoms with E-state index in [0.29, 0.717) is 6.92 Å².